The molecule has 6 nitrogen and oxygen atoms in total. The van der Waals surface area contributed by atoms with E-state index in [1.807, 2.05) is 50.2 Å². The Balaban J connectivity index is 1.98. The van der Waals surface area contributed by atoms with Crippen molar-refractivity contribution in [3.05, 3.63) is 59.7 Å². The second kappa shape index (κ2) is 8.89. The van der Waals surface area contributed by atoms with Crippen molar-refractivity contribution in [2.75, 3.05) is 18.9 Å². The smallest absolute Gasteiger partial charge is 0.321 e. The highest BCUT2D eigenvalue weighted by Gasteiger charge is 2.13. The average Bonchev–Trinajstić information content (AvgIpc) is 2.62. The van der Waals surface area contributed by atoms with Gasteiger partial charge in [-0.3, -0.25) is 4.79 Å². The van der Waals surface area contributed by atoms with Gasteiger partial charge in [-0.05, 0) is 43.2 Å². The van der Waals surface area contributed by atoms with Crippen molar-refractivity contribution >= 4 is 17.7 Å². The summed E-state index contributed by atoms with van der Waals surface area (Å²) in [5, 5.41) is 11.5. The number of urea groups is 1. The molecule has 0 saturated heterocycles. The lowest BCUT2D eigenvalue weighted by Crippen LogP contribution is -2.33. The number of carboxylic acids is 1. The second-order valence-electron chi connectivity index (χ2n) is 6.14. The van der Waals surface area contributed by atoms with Crippen molar-refractivity contribution in [1.29, 1.82) is 0 Å². The van der Waals surface area contributed by atoms with Crippen LogP contribution in [-0.2, 0) is 4.79 Å². The Morgan fingerprint density at radius 3 is 2.50 bits per heavy atom. The van der Waals surface area contributed by atoms with Gasteiger partial charge >= 0.3 is 12.0 Å². The molecule has 0 saturated carbocycles. The van der Waals surface area contributed by atoms with Gasteiger partial charge in [0.05, 0.1) is 6.42 Å². The van der Waals surface area contributed by atoms with E-state index in [2.05, 4.69) is 5.32 Å². The number of hydrogen-bond donors (Lipinski definition) is 2. The monoisotopic (exact) mass is 356 g/mol. The van der Waals surface area contributed by atoms with Gasteiger partial charge in [0.2, 0.25) is 0 Å². The van der Waals surface area contributed by atoms with Crippen molar-refractivity contribution in [2.45, 2.75) is 26.4 Å². The number of hydrogen-bond acceptors (Lipinski definition) is 3. The van der Waals surface area contributed by atoms with Crippen molar-refractivity contribution in [3.8, 4) is 5.75 Å². The number of carbonyl (C=O) groups excluding carboxylic acids is 1. The zero-order valence-corrected chi connectivity index (χ0v) is 15.2. The molecule has 2 aromatic carbocycles. The zero-order chi connectivity index (χ0) is 19.1. The van der Waals surface area contributed by atoms with Gasteiger partial charge in [-0.15, -0.1) is 0 Å². The minimum atomic E-state index is -0.935. The van der Waals surface area contributed by atoms with E-state index in [0.717, 1.165) is 16.9 Å². The molecule has 0 aliphatic rings. The number of benzene rings is 2. The molecule has 2 aromatic rings. The topological polar surface area (TPSA) is 78.9 Å². The van der Waals surface area contributed by atoms with Gasteiger partial charge in [0.15, 0.2) is 0 Å². The molecule has 0 aliphatic carbocycles. The maximum Gasteiger partial charge on any atom is 0.321 e. The first-order valence-corrected chi connectivity index (χ1v) is 8.43. The lowest BCUT2D eigenvalue weighted by molar-refractivity contribution is -0.137. The van der Waals surface area contributed by atoms with E-state index >= 15 is 0 Å². The quantitative estimate of drug-likeness (QED) is 0.784. The molecule has 6 heteroatoms. The fourth-order valence-corrected chi connectivity index (χ4v) is 2.42. The van der Waals surface area contributed by atoms with Crippen molar-refractivity contribution in [2.24, 2.45) is 0 Å². The minimum Gasteiger partial charge on any atom is -0.486 e. The molecule has 26 heavy (non-hydrogen) atoms. The van der Waals surface area contributed by atoms with E-state index in [-0.39, 0.29) is 25.1 Å². The van der Waals surface area contributed by atoms with E-state index in [0.29, 0.717) is 5.69 Å². The number of rotatable bonds is 7. The summed E-state index contributed by atoms with van der Waals surface area (Å²) >= 11 is 0. The number of aliphatic carboxylic acids is 1. The molecule has 1 atom stereocenters. The maximum atomic E-state index is 12.1. The van der Waals surface area contributed by atoms with Gasteiger partial charge in [0.1, 0.15) is 11.9 Å². The van der Waals surface area contributed by atoms with Gasteiger partial charge in [0.25, 0.3) is 0 Å². The summed E-state index contributed by atoms with van der Waals surface area (Å²) in [7, 11) is 1.56. The summed E-state index contributed by atoms with van der Waals surface area (Å²) in [5.41, 5.74) is 2.61. The molecule has 0 heterocycles. The summed E-state index contributed by atoms with van der Waals surface area (Å²) in [6, 6.07) is 15.0. The fraction of sp³-hybridized carbons (Fsp3) is 0.300. The van der Waals surface area contributed by atoms with Gasteiger partial charge < -0.3 is 20.1 Å². The number of anilines is 1. The van der Waals surface area contributed by atoms with Crippen LogP contribution in [0.3, 0.4) is 0 Å². The molecule has 1 unspecified atom stereocenters. The van der Waals surface area contributed by atoms with E-state index < -0.39 is 5.97 Å². The molecule has 0 spiro atoms. The summed E-state index contributed by atoms with van der Waals surface area (Å²) in [6.45, 7) is 4.01. The van der Waals surface area contributed by atoms with Gasteiger partial charge in [-0.25, -0.2) is 4.79 Å². The largest absolute Gasteiger partial charge is 0.486 e. The number of ether oxygens (including phenoxy) is 1. The molecule has 138 valence electrons. The van der Waals surface area contributed by atoms with Crippen molar-refractivity contribution in [3.63, 3.8) is 0 Å². The highest BCUT2D eigenvalue weighted by Crippen LogP contribution is 2.26. The van der Waals surface area contributed by atoms with Crippen LogP contribution < -0.4 is 10.1 Å². The van der Waals surface area contributed by atoms with Gasteiger partial charge in [-0.1, -0.05) is 30.3 Å². The summed E-state index contributed by atoms with van der Waals surface area (Å²) in [4.78, 5) is 24.1. The number of carboxylic acid groups (broad SMARTS) is 1. The predicted molar refractivity (Wildman–Crippen MR) is 101 cm³/mol. The Labute approximate surface area is 153 Å². The number of nitrogens with one attached hydrogen (secondary N) is 1. The number of amides is 2. The lowest BCUT2D eigenvalue weighted by atomic mass is 10.1. The molecule has 0 fully saturated rings. The fourth-order valence-electron chi connectivity index (χ4n) is 2.42. The molecular formula is C20H24N2O4. The first kappa shape index (κ1) is 19.3. The van der Waals surface area contributed by atoms with Crippen molar-refractivity contribution < 1.29 is 19.4 Å². The molecule has 2 rings (SSSR count). The van der Waals surface area contributed by atoms with Crippen molar-refractivity contribution in [1.82, 2.24) is 4.90 Å². The normalized spacial score (nSPS) is 11.5. The summed E-state index contributed by atoms with van der Waals surface area (Å²) in [5.74, 6) is -0.217. The Bertz CT molecular complexity index is 762. The average molecular weight is 356 g/mol. The van der Waals surface area contributed by atoms with Crippen LogP contribution in [0.2, 0.25) is 0 Å². The number of nitrogens with zero attached hydrogens (tertiary/aromatic N) is 1. The standard InChI is InChI=1S/C20H24N2O4/c1-14-13-17(26-15(2)16-7-5-4-6-8-16)9-10-18(14)21-20(25)22(3)12-11-19(23)24/h4-10,13,15H,11-12H2,1-3H3,(H,21,25)(H,23,24). The molecular weight excluding hydrogens is 332 g/mol. The first-order valence-electron chi connectivity index (χ1n) is 8.43. The molecule has 0 aliphatic heterocycles. The van der Waals surface area contributed by atoms with E-state index in [4.69, 9.17) is 9.84 Å². The first-order chi connectivity index (χ1) is 12.4. The molecule has 0 aromatic heterocycles. The highest BCUT2D eigenvalue weighted by molar-refractivity contribution is 5.90. The third-order valence-corrected chi connectivity index (χ3v) is 4.03. The zero-order valence-electron chi connectivity index (χ0n) is 15.2. The third kappa shape index (κ3) is 5.51. The number of carbonyl (C=O) groups is 2. The van der Waals surface area contributed by atoms with Crippen LogP contribution in [0.5, 0.6) is 5.75 Å². The third-order valence-electron chi connectivity index (χ3n) is 4.03. The van der Waals surface area contributed by atoms with Crippen LogP contribution in [0, 0.1) is 6.92 Å². The molecule has 2 N–H and O–H groups in total. The van der Waals surface area contributed by atoms with Crippen LogP contribution in [0.4, 0.5) is 10.5 Å². The Kier molecular flexibility index (Phi) is 6.60. The molecule has 0 radical (unpaired) electrons. The maximum absolute atomic E-state index is 12.1. The lowest BCUT2D eigenvalue weighted by Gasteiger charge is -2.19. The van der Waals surface area contributed by atoms with Crippen LogP contribution in [0.25, 0.3) is 0 Å². The minimum absolute atomic E-state index is 0.0850. The van der Waals surface area contributed by atoms with Gasteiger partial charge in [-0.2, -0.15) is 0 Å². The van der Waals surface area contributed by atoms with Crippen LogP contribution in [0.15, 0.2) is 48.5 Å². The molecule has 0 bridgehead atoms. The Morgan fingerprint density at radius 1 is 1.19 bits per heavy atom. The predicted octanol–water partition coefficient (Wildman–Crippen LogP) is 4.07. The second-order valence-corrected chi connectivity index (χ2v) is 6.14. The van der Waals surface area contributed by atoms with Crippen LogP contribution >= 0.6 is 0 Å². The molecule has 2 amide bonds. The SMILES string of the molecule is Cc1cc(OC(C)c2ccccc2)ccc1NC(=O)N(C)CCC(=O)O. The summed E-state index contributed by atoms with van der Waals surface area (Å²) in [6.07, 6.45) is -0.175. The van der Waals surface area contributed by atoms with Crippen LogP contribution in [0.1, 0.15) is 30.6 Å². The van der Waals surface area contributed by atoms with E-state index in [1.165, 1.54) is 4.90 Å². The Morgan fingerprint density at radius 2 is 1.88 bits per heavy atom. The van der Waals surface area contributed by atoms with Crippen LogP contribution in [-0.4, -0.2) is 35.6 Å². The Hall–Kier alpha value is -3.02. The number of aryl methyl sites for hydroxylation is 1. The van der Waals surface area contributed by atoms with Gasteiger partial charge in [0, 0.05) is 19.3 Å². The van der Waals surface area contributed by atoms with E-state index in [1.54, 1.807) is 19.2 Å². The highest BCUT2D eigenvalue weighted by atomic mass is 16.5. The van der Waals surface area contributed by atoms with E-state index in [9.17, 15) is 9.59 Å². The summed E-state index contributed by atoms with van der Waals surface area (Å²) < 4.78 is 5.97.